The number of anilines is 1. The summed E-state index contributed by atoms with van der Waals surface area (Å²) in [5.74, 6) is 0.579. The van der Waals surface area contributed by atoms with Gasteiger partial charge in [-0.1, -0.05) is 29.4 Å². The summed E-state index contributed by atoms with van der Waals surface area (Å²) in [6.45, 7) is 6.17. The number of morpholine rings is 1. The monoisotopic (exact) mass is 479 g/mol. The Morgan fingerprint density at radius 3 is 2.71 bits per heavy atom. The van der Waals surface area contributed by atoms with E-state index in [1.165, 1.54) is 17.7 Å². The van der Waals surface area contributed by atoms with Crippen LogP contribution in [0, 0.1) is 5.82 Å². The van der Waals surface area contributed by atoms with E-state index in [0.29, 0.717) is 30.4 Å². The third-order valence-corrected chi connectivity index (χ3v) is 6.49. The SMILES string of the molecule is O=C(CN1CCCC(c2nc(-c3cccc(F)c3)no2)C1)Nc1ccc(CN2CCOCC2)cc1. The largest absolute Gasteiger partial charge is 0.379 e. The molecule has 0 radical (unpaired) electrons. The second kappa shape index (κ2) is 11.1. The number of carbonyl (C=O) groups excluding carboxylic acids is 1. The highest BCUT2D eigenvalue weighted by Gasteiger charge is 2.27. The summed E-state index contributed by atoms with van der Waals surface area (Å²) in [7, 11) is 0. The molecule has 0 bridgehead atoms. The van der Waals surface area contributed by atoms with Crippen LogP contribution in [0.15, 0.2) is 53.1 Å². The summed E-state index contributed by atoms with van der Waals surface area (Å²) in [4.78, 5) is 21.7. The molecule has 1 unspecified atom stereocenters. The predicted molar refractivity (Wildman–Crippen MR) is 129 cm³/mol. The number of carbonyl (C=O) groups is 1. The van der Waals surface area contributed by atoms with Crippen molar-refractivity contribution in [1.82, 2.24) is 19.9 Å². The Bertz CT molecular complexity index is 1130. The van der Waals surface area contributed by atoms with Gasteiger partial charge in [0.05, 0.1) is 25.7 Å². The molecule has 1 amide bonds. The van der Waals surface area contributed by atoms with Gasteiger partial charge in [-0.15, -0.1) is 0 Å². The molecule has 1 atom stereocenters. The van der Waals surface area contributed by atoms with E-state index in [4.69, 9.17) is 9.26 Å². The van der Waals surface area contributed by atoms with E-state index in [2.05, 4.69) is 37.4 Å². The van der Waals surface area contributed by atoms with Crippen molar-refractivity contribution in [2.24, 2.45) is 0 Å². The summed E-state index contributed by atoms with van der Waals surface area (Å²) in [5, 5.41) is 7.03. The van der Waals surface area contributed by atoms with Gasteiger partial charge < -0.3 is 14.6 Å². The molecule has 2 aliphatic heterocycles. The third kappa shape index (κ3) is 6.30. The topological polar surface area (TPSA) is 83.7 Å². The van der Waals surface area contributed by atoms with Crippen LogP contribution in [0.4, 0.5) is 10.1 Å². The van der Waals surface area contributed by atoms with Crippen LogP contribution in [0.25, 0.3) is 11.4 Å². The van der Waals surface area contributed by atoms with Crippen molar-refractivity contribution >= 4 is 11.6 Å². The van der Waals surface area contributed by atoms with Crippen molar-refractivity contribution in [3.63, 3.8) is 0 Å². The third-order valence-electron chi connectivity index (χ3n) is 6.49. The zero-order valence-electron chi connectivity index (χ0n) is 19.7. The van der Waals surface area contributed by atoms with Crippen LogP contribution >= 0.6 is 0 Å². The number of hydrogen-bond donors (Lipinski definition) is 1. The molecule has 0 spiro atoms. The van der Waals surface area contributed by atoms with Crippen LogP contribution in [0.3, 0.4) is 0 Å². The number of likely N-dealkylation sites (tertiary alicyclic amines) is 1. The number of aromatic nitrogens is 2. The first-order valence-corrected chi connectivity index (χ1v) is 12.1. The van der Waals surface area contributed by atoms with Crippen LogP contribution in [0.1, 0.15) is 30.2 Å². The predicted octanol–water partition coefficient (Wildman–Crippen LogP) is 3.53. The maximum atomic E-state index is 13.5. The van der Waals surface area contributed by atoms with Crippen LogP contribution < -0.4 is 5.32 Å². The number of amides is 1. The molecule has 3 heterocycles. The normalized spacial score (nSPS) is 19.5. The smallest absolute Gasteiger partial charge is 0.238 e. The number of rotatable bonds is 7. The molecule has 35 heavy (non-hydrogen) atoms. The molecule has 2 aliphatic rings. The number of nitrogens with zero attached hydrogens (tertiary/aromatic N) is 4. The Morgan fingerprint density at radius 2 is 1.91 bits per heavy atom. The van der Waals surface area contributed by atoms with Crippen LogP contribution in [0.2, 0.25) is 0 Å². The van der Waals surface area contributed by atoms with E-state index >= 15 is 0 Å². The zero-order chi connectivity index (χ0) is 24.0. The quantitative estimate of drug-likeness (QED) is 0.555. The number of piperidine rings is 1. The Kier molecular flexibility index (Phi) is 7.46. The van der Waals surface area contributed by atoms with Gasteiger partial charge >= 0.3 is 0 Å². The zero-order valence-corrected chi connectivity index (χ0v) is 19.7. The summed E-state index contributed by atoms with van der Waals surface area (Å²) >= 11 is 0. The molecule has 0 saturated carbocycles. The van der Waals surface area contributed by atoms with Gasteiger partial charge in [-0.2, -0.15) is 4.98 Å². The fraction of sp³-hybridized carbons (Fsp3) is 0.423. The number of nitrogens with one attached hydrogen (secondary N) is 1. The number of halogens is 1. The van der Waals surface area contributed by atoms with Crippen molar-refractivity contribution < 1.29 is 18.4 Å². The van der Waals surface area contributed by atoms with Crippen molar-refractivity contribution in [3.05, 3.63) is 65.8 Å². The molecule has 1 N–H and O–H groups in total. The molecule has 184 valence electrons. The van der Waals surface area contributed by atoms with E-state index in [9.17, 15) is 9.18 Å². The molecule has 2 fully saturated rings. The molecule has 8 nitrogen and oxygen atoms in total. The fourth-order valence-electron chi connectivity index (χ4n) is 4.66. The lowest BCUT2D eigenvalue weighted by Gasteiger charge is -2.30. The molecule has 1 aromatic heterocycles. The second-order valence-electron chi connectivity index (χ2n) is 9.17. The molecular formula is C26H30FN5O3. The van der Waals surface area contributed by atoms with E-state index in [1.54, 1.807) is 12.1 Å². The lowest BCUT2D eigenvalue weighted by atomic mass is 9.98. The number of hydrogen-bond acceptors (Lipinski definition) is 7. The van der Waals surface area contributed by atoms with Gasteiger partial charge in [-0.3, -0.25) is 14.6 Å². The van der Waals surface area contributed by atoms with Crippen LogP contribution in [0.5, 0.6) is 0 Å². The minimum absolute atomic E-state index is 0.0439. The molecule has 5 rings (SSSR count). The summed E-state index contributed by atoms with van der Waals surface area (Å²) in [6.07, 6.45) is 1.85. The molecule has 3 aromatic rings. The Morgan fingerprint density at radius 1 is 1.09 bits per heavy atom. The maximum Gasteiger partial charge on any atom is 0.238 e. The molecular weight excluding hydrogens is 449 g/mol. The molecule has 2 aromatic carbocycles. The highest BCUT2D eigenvalue weighted by Crippen LogP contribution is 2.27. The first-order chi connectivity index (χ1) is 17.1. The molecule has 9 heteroatoms. The van der Waals surface area contributed by atoms with Crippen molar-refractivity contribution in [2.75, 3.05) is 51.3 Å². The summed E-state index contributed by atoms with van der Waals surface area (Å²) < 4.78 is 24.4. The van der Waals surface area contributed by atoms with Crippen molar-refractivity contribution in [2.45, 2.75) is 25.3 Å². The van der Waals surface area contributed by atoms with Gasteiger partial charge in [-0.05, 0) is 49.2 Å². The van der Waals surface area contributed by atoms with Gasteiger partial charge in [0, 0.05) is 37.4 Å². The highest BCUT2D eigenvalue weighted by atomic mass is 19.1. The van der Waals surface area contributed by atoms with E-state index < -0.39 is 0 Å². The maximum absolute atomic E-state index is 13.5. The summed E-state index contributed by atoms with van der Waals surface area (Å²) in [5.41, 5.74) is 2.61. The van der Waals surface area contributed by atoms with Gasteiger partial charge in [0.2, 0.25) is 17.6 Å². The first kappa shape index (κ1) is 23.6. The van der Waals surface area contributed by atoms with Crippen molar-refractivity contribution in [3.8, 4) is 11.4 Å². The van der Waals surface area contributed by atoms with Crippen LogP contribution in [-0.2, 0) is 16.1 Å². The lowest BCUT2D eigenvalue weighted by molar-refractivity contribution is -0.117. The average Bonchev–Trinajstić information content (AvgIpc) is 3.37. The van der Waals surface area contributed by atoms with Gasteiger partial charge in [0.25, 0.3) is 0 Å². The first-order valence-electron chi connectivity index (χ1n) is 12.1. The fourth-order valence-corrected chi connectivity index (χ4v) is 4.66. The Balaban J connectivity index is 1.13. The number of benzene rings is 2. The Hall–Kier alpha value is -3.14. The van der Waals surface area contributed by atoms with E-state index in [-0.39, 0.29) is 17.6 Å². The highest BCUT2D eigenvalue weighted by molar-refractivity contribution is 5.92. The van der Waals surface area contributed by atoms with Gasteiger partial charge in [0.15, 0.2) is 0 Å². The standard InChI is InChI=1S/C26H30FN5O3/c27-22-5-1-3-20(15-22)25-29-26(35-30-25)21-4-2-10-32(17-21)18-24(33)28-23-8-6-19(7-9-23)16-31-11-13-34-14-12-31/h1,3,5-9,15,21H,2,4,10-14,16-18H2,(H,28,33). The minimum atomic E-state index is -0.338. The molecule has 2 saturated heterocycles. The van der Waals surface area contributed by atoms with E-state index in [0.717, 1.165) is 57.9 Å². The van der Waals surface area contributed by atoms with Crippen molar-refractivity contribution in [1.29, 1.82) is 0 Å². The second-order valence-corrected chi connectivity index (χ2v) is 9.17. The van der Waals surface area contributed by atoms with Crippen LogP contribution in [-0.4, -0.2) is 71.8 Å². The van der Waals surface area contributed by atoms with E-state index in [1.807, 2.05) is 12.1 Å². The minimum Gasteiger partial charge on any atom is -0.379 e. The average molecular weight is 480 g/mol. The number of ether oxygens (including phenoxy) is 1. The Labute approximate surface area is 204 Å². The van der Waals surface area contributed by atoms with Gasteiger partial charge in [-0.25, -0.2) is 4.39 Å². The van der Waals surface area contributed by atoms with Gasteiger partial charge in [0.1, 0.15) is 5.82 Å². The molecule has 0 aliphatic carbocycles. The lowest BCUT2D eigenvalue weighted by Crippen LogP contribution is -2.39. The summed E-state index contributed by atoms with van der Waals surface area (Å²) in [6, 6.07) is 14.2.